The number of amides is 2. The van der Waals surface area contributed by atoms with Crippen molar-refractivity contribution in [2.75, 3.05) is 44.0 Å². The third-order valence-electron chi connectivity index (χ3n) is 4.70. The van der Waals surface area contributed by atoms with Gasteiger partial charge < -0.3 is 19.9 Å². The minimum Gasteiger partial charge on any atom is -0.377 e. The Balaban J connectivity index is 1.72. The van der Waals surface area contributed by atoms with Gasteiger partial charge in [-0.2, -0.15) is 0 Å². The minimum atomic E-state index is -0.922. The first-order valence-corrected chi connectivity index (χ1v) is 8.76. The Kier molecular flexibility index (Phi) is 5.60. The molecule has 0 radical (unpaired) electrons. The number of anilines is 2. The molecule has 2 aromatic rings. The van der Waals surface area contributed by atoms with E-state index in [1.807, 2.05) is 44.1 Å². The molecular formula is C20H23F2N3O2. The van der Waals surface area contributed by atoms with Crippen molar-refractivity contribution in [1.82, 2.24) is 4.90 Å². The van der Waals surface area contributed by atoms with Crippen molar-refractivity contribution in [3.8, 4) is 0 Å². The van der Waals surface area contributed by atoms with E-state index in [9.17, 15) is 13.6 Å². The van der Waals surface area contributed by atoms with Crippen molar-refractivity contribution in [3.63, 3.8) is 0 Å². The Labute approximate surface area is 157 Å². The first-order chi connectivity index (χ1) is 12.9. The van der Waals surface area contributed by atoms with Gasteiger partial charge in [0, 0.05) is 32.0 Å². The highest BCUT2D eigenvalue weighted by Gasteiger charge is 2.26. The lowest BCUT2D eigenvalue weighted by atomic mass is 10.1. The molecule has 0 aliphatic carbocycles. The predicted octanol–water partition coefficient (Wildman–Crippen LogP) is 3.94. The highest BCUT2D eigenvalue weighted by molar-refractivity contribution is 5.91. The van der Waals surface area contributed by atoms with Crippen LogP contribution in [0.5, 0.6) is 0 Å². The van der Waals surface area contributed by atoms with Crippen LogP contribution < -0.4 is 10.2 Å². The Morgan fingerprint density at radius 3 is 2.70 bits per heavy atom. The average Bonchev–Trinajstić information content (AvgIpc) is 2.65. The second-order valence-corrected chi connectivity index (χ2v) is 6.75. The number of hydrogen-bond acceptors (Lipinski definition) is 3. The van der Waals surface area contributed by atoms with Crippen molar-refractivity contribution in [2.45, 2.75) is 13.0 Å². The molecule has 1 heterocycles. The van der Waals surface area contributed by atoms with E-state index in [2.05, 4.69) is 5.32 Å². The Morgan fingerprint density at radius 2 is 2.00 bits per heavy atom. The molecule has 1 unspecified atom stereocenters. The molecule has 2 aromatic carbocycles. The maximum absolute atomic E-state index is 13.5. The van der Waals surface area contributed by atoms with E-state index >= 15 is 0 Å². The first-order valence-electron chi connectivity index (χ1n) is 8.76. The molecule has 0 saturated carbocycles. The molecular weight excluding hydrogens is 352 g/mol. The number of urea groups is 1. The van der Waals surface area contributed by atoms with Crippen LogP contribution in [0, 0.1) is 18.6 Å². The molecule has 0 bridgehead atoms. The summed E-state index contributed by atoms with van der Waals surface area (Å²) in [7, 11) is 3.89. The fraction of sp³-hybridized carbons (Fsp3) is 0.350. The summed E-state index contributed by atoms with van der Waals surface area (Å²) in [5, 5.41) is 2.94. The van der Waals surface area contributed by atoms with E-state index in [0.29, 0.717) is 18.7 Å². The fourth-order valence-electron chi connectivity index (χ4n) is 3.19. The van der Waals surface area contributed by atoms with Gasteiger partial charge in [-0.15, -0.1) is 0 Å². The van der Waals surface area contributed by atoms with Crippen LogP contribution in [0.15, 0.2) is 36.4 Å². The van der Waals surface area contributed by atoms with Crippen LogP contribution in [-0.2, 0) is 4.74 Å². The maximum Gasteiger partial charge on any atom is 0.322 e. The summed E-state index contributed by atoms with van der Waals surface area (Å²) in [4.78, 5) is 16.3. The Hall–Kier alpha value is -2.67. The molecule has 3 rings (SSSR count). The normalized spacial score (nSPS) is 16.9. The lowest BCUT2D eigenvalue weighted by molar-refractivity contribution is -0.0136. The van der Waals surface area contributed by atoms with Gasteiger partial charge in [-0.25, -0.2) is 13.6 Å². The molecule has 1 atom stereocenters. The molecule has 0 aromatic heterocycles. The predicted molar refractivity (Wildman–Crippen MR) is 101 cm³/mol. The standard InChI is InChI=1S/C20H23F2N3O2/c1-13-17(5-4-6-18(13)24(2)3)23-20(26)25-9-10-27-19(12-25)14-7-8-15(21)16(22)11-14/h4-8,11,19H,9-10,12H2,1-3H3,(H,23,26). The van der Waals surface area contributed by atoms with Crippen LogP contribution >= 0.6 is 0 Å². The number of carbonyl (C=O) groups excluding carboxylic acids is 1. The number of nitrogens with zero attached hydrogens (tertiary/aromatic N) is 2. The number of hydrogen-bond donors (Lipinski definition) is 1. The van der Waals surface area contributed by atoms with Gasteiger partial charge >= 0.3 is 6.03 Å². The van der Waals surface area contributed by atoms with Crippen molar-refractivity contribution in [1.29, 1.82) is 0 Å². The van der Waals surface area contributed by atoms with Gasteiger partial charge in [0.15, 0.2) is 11.6 Å². The van der Waals surface area contributed by atoms with Crippen molar-refractivity contribution >= 4 is 17.4 Å². The molecule has 144 valence electrons. The SMILES string of the molecule is Cc1c(NC(=O)N2CCOC(c3ccc(F)c(F)c3)C2)cccc1N(C)C. The first kappa shape index (κ1) is 19.1. The number of carbonyl (C=O) groups is 1. The number of morpholine rings is 1. The molecule has 7 heteroatoms. The van der Waals surface area contributed by atoms with Crippen molar-refractivity contribution in [3.05, 3.63) is 59.2 Å². The van der Waals surface area contributed by atoms with Crippen LogP contribution in [0.25, 0.3) is 0 Å². The van der Waals surface area contributed by atoms with Crippen molar-refractivity contribution in [2.24, 2.45) is 0 Å². The van der Waals surface area contributed by atoms with E-state index in [1.54, 1.807) is 4.90 Å². The Bertz CT molecular complexity index is 842. The molecule has 27 heavy (non-hydrogen) atoms. The van der Waals surface area contributed by atoms with Gasteiger partial charge in [0.05, 0.1) is 13.2 Å². The zero-order chi connectivity index (χ0) is 19.6. The molecule has 0 spiro atoms. The highest BCUT2D eigenvalue weighted by Crippen LogP contribution is 2.27. The maximum atomic E-state index is 13.5. The lowest BCUT2D eigenvalue weighted by Crippen LogP contribution is -2.44. The number of benzene rings is 2. The van der Waals surface area contributed by atoms with Crippen LogP contribution in [0.1, 0.15) is 17.2 Å². The van der Waals surface area contributed by atoms with Crippen LogP contribution in [0.3, 0.4) is 0 Å². The largest absolute Gasteiger partial charge is 0.377 e. The number of rotatable bonds is 3. The Morgan fingerprint density at radius 1 is 1.22 bits per heavy atom. The van der Waals surface area contributed by atoms with Crippen LogP contribution in [0.4, 0.5) is 25.0 Å². The summed E-state index contributed by atoms with van der Waals surface area (Å²) in [6.07, 6.45) is -0.492. The molecule has 1 fully saturated rings. The van der Waals surface area contributed by atoms with Gasteiger partial charge in [0.25, 0.3) is 0 Å². The number of nitrogens with one attached hydrogen (secondary N) is 1. The van der Waals surface area contributed by atoms with Crippen LogP contribution in [0.2, 0.25) is 0 Å². The molecule has 1 saturated heterocycles. The second-order valence-electron chi connectivity index (χ2n) is 6.75. The van der Waals surface area contributed by atoms with E-state index in [-0.39, 0.29) is 12.6 Å². The summed E-state index contributed by atoms with van der Waals surface area (Å²) in [5.74, 6) is -1.82. The van der Waals surface area contributed by atoms with Gasteiger partial charge in [0.2, 0.25) is 0 Å². The smallest absolute Gasteiger partial charge is 0.322 e. The molecule has 2 amide bonds. The number of halogens is 2. The van der Waals surface area contributed by atoms with E-state index in [4.69, 9.17) is 4.74 Å². The molecule has 1 aliphatic heterocycles. The van der Waals surface area contributed by atoms with Gasteiger partial charge in [0.1, 0.15) is 6.10 Å². The van der Waals surface area contributed by atoms with Crippen LogP contribution in [-0.4, -0.2) is 44.7 Å². The van der Waals surface area contributed by atoms with Gasteiger partial charge in [-0.1, -0.05) is 12.1 Å². The van der Waals surface area contributed by atoms with E-state index in [1.165, 1.54) is 6.07 Å². The summed E-state index contributed by atoms with van der Waals surface area (Å²) < 4.78 is 32.3. The fourth-order valence-corrected chi connectivity index (χ4v) is 3.19. The third kappa shape index (κ3) is 4.19. The minimum absolute atomic E-state index is 0.245. The topological polar surface area (TPSA) is 44.8 Å². The lowest BCUT2D eigenvalue weighted by Gasteiger charge is -2.33. The summed E-state index contributed by atoms with van der Waals surface area (Å²) in [5.41, 5.74) is 3.25. The summed E-state index contributed by atoms with van der Waals surface area (Å²) in [6, 6.07) is 9.16. The highest BCUT2D eigenvalue weighted by atomic mass is 19.2. The van der Waals surface area contributed by atoms with Gasteiger partial charge in [-0.05, 0) is 42.3 Å². The van der Waals surface area contributed by atoms with Gasteiger partial charge in [-0.3, -0.25) is 0 Å². The quantitative estimate of drug-likeness (QED) is 0.884. The van der Waals surface area contributed by atoms with E-state index < -0.39 is 17.7 Å². The second kappa shape index (κ2) is 7.92. The number of ether oxygens (including phenoxy) is 1. The summed E-state index contributed by atoms with van der Waals surface area (Å²) >= 11 is 0. The zero-order valence-electron chi connectivity index (χ0n) is 15.6. The monoisotopic (exact) mass is 375 g/mol. The molecule has 1 N–H and O–H groups in total. The van der Waals surface area contributed by atoms with E-state index in [0.717, 1.165) is 29.1 Å². The third-order valence-corrected chi connectivity index (χ3v) is 4.70. The van der Waals surface area contributed by atoms with Crippen molar-refractivity contribution < 1.29 is 18.3 Å². The summed E-state index contributed by atoms with van der Waals surface area (Å²) in [6.45, 7) is 2.98. The molecule has 1 aliphatic rings. The molecule has 5 nitrogen and oxygen atoms in total. The average molecular weight is 375 g/mol. The zero-order valence-corrected chi connectivity index (χ0v) is 15.6.